The van der Waals surface area contributed by atoms with E-state index >= 15 is 0 Å². The molecule has 0 aliphatic rings. The fourth-order valence-corrected chi connectivity index (χ4v) is 2.65. The van der Waals surface area contributed by atoms with Gasteiger partial charge in [-0.25, -0.2) is 4.68 Å². The molecule has 2 aromatic rings. The highest BCUT2D eigenvalue weighted by Gasteiger charge is 2.35. The molecule has 0 fully saturated rings. The first-order valence-corrected chi connectivity index (χ1v) is 6.22. The number of rotatable bonds is 3. The minimum absolute atomic E-state index is 0.552. The Kier molecular flexibility index (Phi) is 3.31. The van der Waals surface area contributed by atoms with E-state index in [9.17, 15) is 5.11 Å². The molecule has 0 aliphatic heterocycles. The third kappa shape index (κ3) is 2.00. The fraction of sp³-hybridized carbons (Fsp3) is 0.333. The lowest BCUT2D eigenvalue weighted by atomic mass is 9.88. The highest BCUT2D eigenvalue weighted by Crippen LogP contribution is 2.35. The Hall–Kier alpha value is -1.20. The van der Waals surface area contributed by atoms with Gasteiger partial charge in [-0.1, -0.05) is 42.5 Å². The van der Waals surface area contributed by atoms with Crippen molar-refractivity contribution < 1.29 is 5.11 Å². The largest absolute Gasteiger partial charge is 0.379 e. The van der Waals surface area contributed by atoms with Gasteiger partial charge in [-0.05, 0) is 27.9 Å². The Morgan fingerprint density at radius 2 is 2.00 bits per heavy atom. The number of aliphatic hydroxyl groups is 1. The van der Waals surface area contributed by atoms with E-state index in [4.69, 9.17) is 0 Å². The second-order valence-electron chi connectivity index (χ2n) is 3.93. The van der Waals surface area contributed by atoms with Gasteiger partial charge >= 0.3 is 0 Å². The lowest BCUT2D eigenvalue weighted by Gasteiger charge is -2.27. The van der Waals surface area contributed by atoms with E-state index in [-0.39, 0.29) is 0 Å². The van der Waals surface area contributed by atoms with Crippen LogP contribution < -0.4 is 0 Å². The molecule has 90 valence electrons. The topological polar surface area (TPSA) is 50.9 Å². The first-order valence-electron chi connectivity index (χ1n) is 5.43. The minimum Gasteiger partial charge on any atom is -0.379 e. The molecule has 5 heteroatoms. The maximum Gasteiger partial charge on any atom is 0.154 e. The van der Waals surface area contributed by atoms with Gasteiger partial charge in [-0.3, -0.25) is 0 Å². The molecular formula is C12H14BrN3O. The van der Waals surface area contributed by atoms with Crippen LogP contribution in [0.15, 0.2) is 34.9 Å². The van der Waals surface area contributed by atoms with Crippen molar-refractivity contribution in [3.63, 3.8) is 0 Å². The van der Waals surface area contributed by atoms with Gasteiger partial charge in [0.05, 0.1) is 0 Å². The summed E-state index contributed by atoms with van der Waals surface area (Å²) < 4.78 is 2.17. The van der Waals surface area contributed by atoms with Gasteiger partial charge in [0.25, 0.3) is 0 Å². The predicted molar refractivity (Wildman–Crippen MR) is 68.4 cm³/mol. The molecule has 0 amide bonds. The summed E-state index contributed by atoms with van der Waals surface area (Å²) in [5.41, 5.74) is 0.443. The first-order chi connectivity index (χ1) is 8.09. The van der Waals surface area contributed by atoms with Crippen molar-refractivity contribution in [3.05, 3.63) is 46.2 Å². The van der Waals surface area contributed by atoms with Crippen LogP contribution in [0.5, 0.6) is 0 Å². The summed E-state index contributed by atoms with van der Waals surface area (Å²) in [5, 5.41) is 18.7. The Labute approximate surface area is 108 Å². The molecular weight excluding hydrogens is 282 g/mol. The van der Waals surface area contributed by atoms with E-state index in [2.05, 4.69) is 26.2 Å². The predicted octanol–water partition coefficient (Wildman–Crippen LogP) is 2.22. The van der Waals surface area contributed by atoms with Crippen molar-refractivity contribution in [2.45, 2.75) is 18.9 Å². The van der Waals surface area contributed by atoms with Gasteiger partial charge in [0, 0.05) is 7.05 Å². The third-order valence-electron chi connectivity index (χ3n) is 2.94. The van der Waals surface area contributed by atoms with Crippen LogP contribution in [-0.4, -0.2) is 20.1 Å². The Morgan fingerprint density at radius 1 is 1.35 bits per heavy atom. The monoisotopic (exact) mass is 295 g/mol. The molecule has 2 rings (SSSR count). The molecule has 0 saturated carbocycles. The Morgan fingerprint density at radius 3 is 2.47 bits per heavy atom. The van der Waals surface area contributed by atoms with E-state index in [1.54, 1.807) is 11.7 Å². The quantitative estimate of drug-likeness (QED) is 0.945. The lowest BCUT2D eigenvalue weighted by molar-refractivity contribution is 0.0669. The van der Waals surface area contributed by atoms with Crippen LogP contribution in [0.25, 0.3) is 0 Å². The normalized spacial score (nSPS) is 14.6. The average Bonchev–Trinajstić information content (AvgIpc) is 2.70. The molecule has 4 nitrogen and oxygen atoms in total. The fourth-order valence-electron chi connectivity index (χ4n) is 1.99. The smallest absolute Gasteiger partial charge is 0.154 e. The maximum absolute atomic E-state index is 10.9. The van der Waals surface area contributed by atoms with Crippen molar-refractivity contribution in [2.24, 2.45) is 7.05 Å². The molecule has 0 spiro atoms. The summed E-state index contributed by atoms with van der Waals surface area (Å²) in [6.07, 6.45) is 0.552. The molecule has 1 aromatic heterocycles. The number of aryl methyl sites for hydroxylation is 1. The van der Waals surface area contributed by atoms with Crippen molar-refractivity contribution in [3.8, 4) is 0 Å². The number of benzene rings is 1. The summed E-state index contributed by atoms with van der Waals surface area (Å²) in [5.74, 6) is 0. The highest BCUT2D eigenvalue weighted by molar-refractivity contribution is 9.10. The zero-order valence-electron chi connectivity index (χ0n) is 9.76. The molecule has 1 N–H and O–H groups in total. The van der Waals surface area contributed by atoms with Gasteiger partial charge in [0.15, 0.2) is 4.60 Å². The first kappa shape index (κ1) is 12.3. The van der Waals surface area contributed by atoms with Crippen LogP contribution in [0.4, 0.5) is 0 Å². The minimum atomic E-state index is -1.07. The van der Waals surface area contributed by atoms with Crippen LogP contribution in [0.1, 0.15) is 24.6 Å². The Balaban J connectivity index is 2.60. The zero-order chi connectivity index (χ0) is 12.5. The number of nitrogens with zero attached hydrogens (tertiary/aromatic N) is 3. The van der Waals surface area contributed by atoms with E-state index in [1.807, 2.05) is 37.3 Å². The van der Waals surface area contributed by atoms with Crippen molar-refractivity contribution >= 4 is 15.9 Å². The third-order valence-corrected chi connectivity index (χ3v) is 3.47. The molecule has 0 bridgehead atoms. The molecule has 1 unspecified atom stereocenters. The van der Waals surface area contributed by atoms with E-state index in [1.165, 1.54) is 0 Å². The molecule has 1 atom stereocenters. The molecule has 0 radical (unpaired) electrons. The van der Waals surface area contributed by atoms with E-state index < -0.39 is 5.60 Å². The zero-order valence-corrected chi connectivity index (χ0v) is 11.3. The molecule has 17 heavy (non-hydrogen) atoms. The van der Waals surface area contributed by atoms with Crippen molar-refractivity contribution in [1.82, 2.24) is 15.0 Å². The van der Waals surface area contributed by atoms with Crippen LogP contribution in [0, 0.1) is 0 Å². The standard InChI is InChI=1S/C12H14BrN3O/c1-3-12(17,9-7-5-4-6-8-9)10-11(13)14-15-16(10)2/h4-8,17H,3H2,1-2H3. The second-order valence-corrected chi connectivity index (χ2v) is 4.68. The van der Waals surface area contributed by atoms with Crippen LogP contribution in [-0.2, 0) is 12.6 Å². The SMILES string of the molecule is CCC(O)(c1ccccc1)c1c(Br)nnn1C. The van der Waals surface area contributed by atoms with Gasteiger partial charge in [0.2, 0.25) is 0 Å². The molecule has 0 aliphatic carbocycles. The summed E-state index contributed by atoms with van der Waals surface area (Å²) >= 11 is 3.34. The summed E-state index contributed by atoms with van der Waals surface area (Å²) in [4.78, 5) is 0. The Bertz CT molecular complexity index is 492. The van der Waals surface area contributed by atoms with Gasteiger partial charge in [-0.15, -0.1) is 5.10 Å². The summed E-state index contributed by atoms with van der Waals surface area (Å²) in [7, 11) is 1.77. The van der Waals surface area contributed by atoms with Gasteiger partial charge in [-0.2, -0.15) is 0 Å². The van der Waals surface area contributed by atoms with Crippen LogP contribution in [0.3, 0.4) is 0 Å². The van der Waals surface area contributed by atoms with E-state index in [0.717, 1.165) is 5.56 Å². The highest BCUT2D eigenvalue weighted by atomic mass is 79.9. The summed E-state index contributed by atoms with van der Waals surface area (Å²) in [6.45, 7) is 1.94. The molecule has 1 heterocycles. The number of hydrogen-bond donors (Lipinski definition) is 1. The van der Waals surface area contributed by atoms with Crippen molar-refractivity contribution in [1.29, 1.82) is 0 Å². The van der Waals surface area contributed by atoms with Gasteiger partial charge in [0.1, 0.15) is 11.3 Å². The average molecular weight is 296 g/mol. The number of hydrogen-bond acceptors (Lipinski definition) is 3. The number of halogens is 1. The van der Waals surface area contributed by atoms with Gasteiger partial charge < -0.3 is 5.11 Å². The second kappa shape index (κ2) is 4.58. The van der Waals surface area contributed by atoms with Crippen LogP contribution in [0.2, 0.25) is 0 Å². The number of aromatic nitrogens is 3. The van der Waals surface area contributed by atoms with Crippen LogP contribution >= 0.6 is 15.9 Å². The van der Waals surface area contributed by atoms with Crippen molar-refractivity contribution in [2.75, 3.05) is 0 Å². The molecule has 0 saturated heterocycles. The lowest BCUT2D eigenvalue weighted by Crippen LogP contribution is -2.29. The van der Waals surface area contributed by atoms with E-state index in [0.29, 0.717) is 16.7 Å². The molecule has 1 aromatic carbocycles. The summed E-state index contributed by atoms with van der Waals surface area (Å²) in [6, 6.07) is 9.56. The maximum atomic E-state index is 10.9.